The number of hydrogen-bond acceptors (Lipinski definition) is 5. The number of carboxylic acids is 1. The molecule has 172 valence electrons. The minimum absolute atomic E-state index is 0.133. The van der Waals surface area contributed by atoms with E-state index in [9.17, 15) is 9.59 Å². The van der Waals surface area contributed by atoms with E-state index in [0.717, 1.165) is 42.4 Å². The second kappa shape index (κ2) is 10.7. The van der Waals surface area contributed by atoms with Gasteiger partial charge in [0.05, 0.1) is 6.61 Å². The first-order valence-electron chi connectivity index (χ1n) is 11.1. The van der Waals surface area contributed by atoms with Gasteiger partial charge in [-0.1, -0.05) is 41.9 Å². The zero-order chi connectivity index (χ0) is 23.2. The van der Waals surface area contributed by atoms with Crippen molar-refractivity contribution in [3.05, 3.63) is 70.2 Å². The maximum absolute atomic E-state index is 13.0. The lowest BCUT2D eigenvalue weighted by Gasteiger charge is -2.28. The van der Waals surface area contributed by atoms with Crippen molar-refractivity contribution in [2.24, 2.45) is 11.8 Å². The molecule has 7 nitrogen and oxygen atoms in total. The van der Waals surface area contributed by atoms with Crippen molar-refractivity contribution in [2.45, 2.75) is 32.2 Å². The molecule has 0 saturated heterocycles. The quantitative estimate of drug-likeness (QED) is 0.489. The molecule has 1 aliphatic rings. The molecule has 0 bridgehead atoms. The number of benzene rings is 1. The monoisotopic (exact) mass is 467 g/mol. The molecule has 2 aromatic heterocycles. The van der Waals surface area contributed by atoms with E-state index in [1.54, 1.807) is 23.0 Å². The van der Waals surface area contributed by atoms with Crippen molar-refractivity contribution in [2.75, 3.05) is 13.2 Å². The van der Waals surface area contributed by atoms with E-state index >= 15 is 0 Å². The fourth-order valence-corrected chi connectivity index (χ4v) is 4.44. The molecule has 0 spiro atoms. The van der Waals surface area contributed by atoms with Gasteiger partial charge in [0, 0.05) is 29.9 Å². The van der Waals surface area contributed by atoms with E-state index in [-0.39, 0.29) is 12.2 Å². The number of carboxylic acid groups (broad SMARTS) is 1. The average molecular weight is 468 g/mol. The summed E-state index contributed by atoms with van der Waals surface area (Å²) in [5, 5.41) is 13.9. The van der Waals surface area contributed by atoms with Crippen LogP contribution < -0.4 is 5.56 Å². The number of ether oxygens (including phenoxy) is 1. The van der Waals surface area contributed by atoms with E-state index in [1.807, 2.05) is 36.4 Å². The second-order valence-electron chi connectivity index (χ2n) is 8.46. The predicted octanol–water partition coefficient (Wildman–Crippen LogP) is 4.53. The first kappa shape index (κ1) is 23.1. The summed E-state index contributed by atoms with van der Waals surface area (Å²) in [6.45, 7) is 0.761. The number of hydrogen-bond donors (Lipinski definition) is 1. The van der Waals surface area contributed by atoms with Crippen LogP contribution in [0.5, 0.6) is 0 Å². The van der Waals surface area contributed by atoms with Crippen LogP contribution in [-0.2, 0) is 16.1 Å². The Bertz CT molecular complexity index is 1140. The van der Waals surface area contributed by atoms with Gasteiger partial charge in [-0.3, -0.25) is 4.79 Å². The number of aromatic nitrogens is 3. The molecule has 0 amide bonds. The summed E-state index contributed by atoms with van der Waals surface area (Å²) >= 11 is 5.98. The highest BCUT2D eigenvalue weighted by molar-refractivity contribution is 6.29. The number of carbonyl (C=O) groups is 1. The molecule has 1 saturated carbocycles. The number of halogens is 1. The third kappa shape index (κ3) is 6.06. The van der Waals surface area contributed by atoms with E-state index in [1.165, 1.54) is 0 Å². The van der Waals surface area contributed by atoms with Gasteiger partial charge >= 0.3 is 5.97 Å². The van der Waals surface area contributed by atoms with Crippen LogP contribution in [0.2, 0.25) is 5.15 Å². The first-order chi connectivity index (χ1) is 16.0. The van der Waals surface area contributed by atoms with Crippen molar-refractivity contribution >= 4 is 17.6 Å². The minimum atomic E-state index is -0.945. The van der Waals surface area contributed by atoms with Gasteiger partial charge in [0.15, 0.2) is 0 Å². The second-order valence-corrected chi connectivity index (χ2v) is 8.85. The van der Waals surface area contributed by atoms with Crippen LogP contribution in [0.1, 0.15) is 25.7 Å². The van der Waals surface area contributed by atoms with Crippen LogP contribution >= 0.6 is 11.6 Å². The molecular weight excluding hydrogens is 442 g/mol. The van der Waals surface area contributed by atoms with Crippen LogP contribution in [0.25, 0.3) is 22.4 Å². The maximum atomic E-state index is 13.0. The Kier molecular flexibility index (Phi) is 7.52. The van der Waals surface area contributed by atoms with E-state index < -0.39 is 5.97 Å². The van der Waals surface area contributed by atoms with Crippen molar-refractivity contribution < 1.29 is 14.6 Å². The lowest BCUT2D eigenvalue weighted by atomic mass is 9.82. The molecule has 3 aromatic rings. The molecule has 1 aromatic carbocycles. The third-order valence-electron chi connectivity index (χ3n) is 6.06. The van der Waals surface area contributed by atoms with Gasteiger partial charge in [-0.15, -0.1) is 0 Å². The molecule has 33 heavy (non-hydrogen) atoms. The van der Waals surface area contributed by atoms with Gasteiger partial charge in [-0.2, -0.15) is 5.10 Å². The molecule has 2 heterocycles. The molecule has 0 aliphatic heterocycles. The van der Waals surface area contributed by atoms with Gasteiger partial charge < -0.3 is 9.84 Å². The summed E-state index contributed by atoms with van der Waals surface area (Å²) in [6.07, 6.45) is 5.49. The Morgan fingerprint density at radius 1 is 1.06 bits per heavy atom. The summed E-state index contributed by atoms with van der Waals surface area (Å²) in [5.41, 5.74) is 3.04. The van der Waals surface area contributed by atoms with E-state index in [0.29, 0.717) is 35.8 Å². The number of nitrogens with zero attached hydrogens (tertiary/aromatic N) is 3. The average Bonchev–Trinajstić information content (AvgIpc) is 2.82. The zero-order valence-corrected chi connectivity index (χ0v) is 18.9. The maximum Gasteiger partial charge on any atom is 0.329 e. The molecule has 8 heteroatoms. The van der Waals surface area contributed by atoms with E-state index in [2.05, 4.69) is 4.98 Å². The molecule has 1 N–H and O–H groups in total. The van der Waals surface area contributed by atoms with Crippen molar-refractivity contribution in [3.63, 3.8) is 0 Å². The largest absolute Gasteiger partial charge is 0.480 e. The van der Waals surface area contributed by atoms with Gasteiger partial charge in [0.1, 0.15) is 17.5 Å². The Balaban J connectivity index is 1.54. The number of rotatable bonds is 8. The fourth-order valence-electron chi connectivity index (χ4n) is 4.33. The number of aliphatic carboxylic acids is 1. The highest BCUT2D eigenvalue weighted by Crippen LogP contribution is 2.31. The molecule has 1 fully saturated rings. The van der Waals surface area contributed by atoms with Crippen molar-refractivity contribution in [1.82, 2.24) is 14.8 Å². The Hall–Kier alpha value is -3.03. The van der Waals surface area contributed by atoms with Gasteiger partial charge in [-0.25, -0.2) is 14.5 Å². The highest BCUT2D eigenvalue weighted by Gasteiger charge is 2.23. The fraction of sp³-hybridized carbons (Fsp3) is 0.360. The molecule has 0 atom stereocenters. The van der Waals surface area contributed by atoms with Gasteiger partial charge in [0.25, 0.3) is 5.56 Å². The third-order valence-corrected chi connectivity index (χ3v) is 6.28. The summed E-state index contributed by atoms with van der Waals surface area (Å²) in [5.74, 6) is -0.245. The van der Waals surface area contributed by atoms with Crippen molar-refractivity contribution in [3.8, 4) is 22.4 Å². The van der Waals surface area contributed by atoms with Gasteiger partial charge in [0.2, 0.25) is 0 Å². The summed E-state index contributed by atoms with van der Waals surface area (Å²) in [7, 11) is 0. The lowest BCUT2D eigenvalue weighted by molar-refractivity contribution is -0.142. The SMILES string of the molecule is O=C(O)COC[C@H]1CC[C@@H](Cn2nc(-c3ccc(Cl)nc3)c(-c3ccccc3)cc2=O)CC1. The smallest absolute Gasteiger partial charge is 0.329 e. The standard InChI is InChI=1S/C25H26ClN3O4/c26-22-11-10-20(13-27-22)25-21(19-4-2-1-3-5-19)12-23(30)29(28-25)14-17-6-8-18(9-7-17)15-33-16-24(31)32/h1-5,10-13,17-18H,6-9,14-16H2,(H,31,32)/t17-,18+. The van der Waals surface area contributed by atoms with Gasteiger partial charge in [-0.05, 0) is 55.2 Å². The predicted molar refractivity (Wildman–Crippen MR) is 126 cm³/mol. The lowest BCUT2D eigenvalue weighted by Crippen LogP contribution is -2.29. The summed E-state index contributed by atoms with van der Waals surface area (Å²) in [6, 6.07) is 15.0. The first-order valence-corrected chi connectivity index (χ1v) is 11.5. The molecule has 4 rings (SSSR count). The Labute approximate surface area is 197 Å². The van der Waals surface area contributed by atoms with Crippen LogP contribution in [0.15, 0.2) is 59.5 Å². The van der Waals surface area contributed by atoms with Crippen molar-refractivity contribution in [1.29, 1.82) is 0 Å². The van der Waals surface area contributed by atoms with Crippen LogP contribution in [0, 0.1) is 11.8 Å². The van der Waals surface area contributed by atoms with Crippen LogP contribution in [-0.4, -0.2) is 39.1 Å². The summed E-state index contributed by atoms with van der Waals surface area (Å²) < 4.78 is 6.81. The number of pyridine rings is 1. The molecule has 0 radical (unpaired) electrons. The Morgan fingerprint density at radius 2 is 1.79 bits per heavy atom. The van der Waals surface area contributed by atoms with Crippen LogP contribution in [0.3, 0.4) is 0 Å². The summed E-state index contributed by atoms with van der Waals surface area (Å²) in [4.78, 5) is 27.8. The highest BCUT2D eigenvalue weighted by atomic mass is 35.5. The van der Waals surface area contributed by atoms with Crippen LogP contribution in [0.4, 0.5) is 0 Å². The minimum Gasteiger partial charge on any atom is -0.480 e. The van der Waals surface area contributed by atoms with E-state index in [4.69, 9.17) is 26.5 Å². The Morgan fingerprint density at radius 3 is 2.45 bits per heavy atom. The molecular formula is C25H26ClN3O4. The molecule has 1 aliphatic carbocycles. The molecule has 0 unspecified atom stereocenters. The topological polar surface area (TPSA) is 94.3 Å². The normalized spacial score (nSPS) is 18.2. The zero-order valence-electron chi connectivity index (χ0n) is 18.2.